The number of amides is 1. The number of rotatable bonds is 3. The lowest BCUT2D eigenvalue weighted by atomic mass is 10.0. The molecule has 0 radical (unpaired) electrons. The zero-order valence-electron chi connectivity index (χ0n) is 15.0. The first-order chi connectivity index (χ1) is 12.6. The van der Waals surface area contributed by atoms with Crippen LogP contribution < -0.4 is 10.2 Å². The molecule has 130 valence electrons. The van der Waals surface area contributed by atoms with E-state index >= 15 is 0 Å². The van der Waals surface area contributed by atoms with Crippen LogP contribution in [0.3, 0.4) is 0 Å². The molecule has 1 unspecified atom stereocenters. The summed E-state index contributed by atoms with van der Waals surface area (Å²) in [6.07, 6.45) is -0.203. The van der Waals surface area contributed by atoms with E-state index in [1.54, 1.807) is 0 Å². The van der Waals surface area contributed by atoms with E-state index in [2.05, 4.69) is 19.2 Å². The summed E-state index contributed by atoms with van der Waals surface area (Å²) in [6.45, 7) is 4.31. The van der Waals surface area contributed by atoms with E-state index in [0.717, 1.165) is 16.9 Å². The highest BCUT2D eigenvalue weighted by Crippen LogP contribution is 2.41. The number of anilines is 2. The van der Waals surface area contributed by atoms with Gasteiger partial charge in [-0.3, -0.25) is 9.69 Å². The standard InChI is InChI=1S/C23H22N2O/c1-16(2)17-12-14-19(15-13-17)23(26)25-21-11-7-6-10-20(21)24-22(25)18-8-4-3-5-9-18/h3-16,22,24H,1-2H3. The van der Waals surface area contributed by atoms with Crippen molar-refractivity contribution in [3.63, 3.8) is 0 Å². The third-order valence-corrected chi connectivity index (χ3v) is 4.87. The largest absolute Gasteiger partial charge is 0.359 e. The topological polar surface area (TPSA) is 32.3 Å². The van der Waals surface area contributed by atoms with Gasteiger partial charge >= 0.3 is 0 Å². The Morgan fingerprint density at radius 1 is 0.885 bits per heavy atom. The lowest BCUT2D eigenvalue weighted by Crippen LogP contribution is -2.34. The summed E-state index contributed by atoms with van der Waals surface area (Å²) in [5.74, 6) is 0.456. The van der Waals surface area contributed by atoms with Gasteiger partial charge in [0.2, 0.25) is 0 Å². The van der Waals surface area contributed by atoms with Gasteiger partial charge in [0, 0.05) is 5.56 Å². The summed E-state index contributed by atoms with van der Waals surface area (Å²) in [5, 5.41) is 3.49. The minimum absolute atomic E-state index is 0.00612. The number of benzene rings is 3. The van der Waals surface area contributed by atoms with Gasteiger partial charge in [0.05, 0.1) is 11.4 Å². The summed E-state index contributed by atoms with van der Waals surface area (Å²) in [4.78, 5) is 15.2. The van der Waals surface area contributed by atoms with Gasteiger partial charge in [0.1, 0.15) is 6.17 Å². The van der Waals surface area contributed by atoms with Gasteiger partial charge in [-0.2, -0.15) is 0 Å². The molecule has 1 N–H and O–H groups in total. The first kappa shape index (κ1) is 16.4. The third-order valence-electron chi connectivity index (χ3n) is 4.87. The quantitative estimate of drug-likeness (QED) is 0.674. The molecule has 0 saturated carbocycles. The predicted molar refractivity (Wildman–Crippen MR) is 107 cm³/mol. The molecule has 0 spiro atoms. The van der Waals surface area contributed by atoms with Crippen LogP contribution in [0.5, 0.6) is 0 Å². The minimum atomic E-state index is -0.203. The highest BCUT2D eigenvalue weighted by atomic mass is 16.2. The summed E-state index contributed by atoms with van der Waals surface area (Å²) >= 11 is 0. The van der Waals surface area contributed by atoms with Gasteiger partial charge in [-0.05, 0) is 41.3 Å². The van der Waals surface area contributed by atoms with Crippen LogP contribution in [0, 0.1) is 0 Å². The van der Waals surface area contributed by atoms with Gasteiger partial charge in [0.25, 0.3) is 5.91 Å². The van der Waals surface area contributed by atoms with Gasteiger partial charge in [-0.1, -0.05) is 68.4 Å². The van der Waals surface area contributed by atoms with E-state index in [4.69, 9.17) is 0 Å². The number of carbonyl (C=O) groups is 1. The molecule has 1 aliphatic rings. The molecule has 4 rings (SSSR count). The Morgan fingerprint density at radius 2 is 1.54 bits per heavy atom. The van der Waals surface area contributed by atoms with E-state index in [1.807, 2.05) is 83.8 Å². The molecule has 3 heteroatoms. The van der Waals surface area contributed by atoms with Crippen molar-refractivity contribution in [2.75, 3.05) is 10.2 Å². The van der Waals surface area contributed by atoms with Crippen LogP contribution in [0.25, 0.3) is 0 Å². The molecule has 0 aromatic heterocycles. The Balaban J connectivity index is 1.74. The van der Waals surface area contributed by atoms with Crippen LogP contribution in [-0.4, -0.2) is 5.91 Å². The van der Waals surface area contributed by atoms with Crippen molar-refractivity contribution in [2.24, 2.45) is 0 Å². The average molecular weight is 342 g/mol. The number of hydrogen-bond acceptors (Lipinski definition) is 2. The molecule has 0 aliphatic carbocycles. The Labute approximate surface area is 154 Å². The second-order valence-electron chi connectivity index (χ2n) is 6.93. The van der Waals surface area contributed by atoms with Crippen LogP contribution in [-0.2, 0) is 0 Å². The van der Waals surface area contributed by atoms with Crippen LogP contribution in [0.15, 0.2) is 78.9 Å². The molecule has 26 heavy (non-hydrogen) atoms. The SMILES string of the molecule is CC(C)c1ccc(C(=O)N2c3ccccc3NC2c2ccccc2)cc1. The van der Waals surface area contributed by atoms with E-state index < -0.39 is 0 Å². The number of hydrogen-bond donors (Lipinski definition) is 1. The Kier molecular flexibility index (Phi) is 4.21. The Bertz CT molecular complexity index is 916. The summed E-state index contributed by atoms with van der Waals surface area (Å²) in [7, 11) is 0. The summed E-state index contributed by atoms with van der Waals surface area (Å²) in [5.41, 5.74) is 4.90. The van der Waals surface area contributed by atoms with Crippen LogP contribution in [0.2, 0.25) is 0 Å². The van der Waals surface area contributed by atoms with Crippen LogP contribution in [0.4, 0.5) is 11.4 Å². The highest BCUT2D eigenvalue weighted by Gasteiger charge is 2.34. The number of nitrogens with one attached hydrogen (secondary N) is 1. The fourth-order valence-electron chi connectivity index (χ4n) is 3.40. The van der Waals surface area contributed by atoms with Crippen molar-refractivity contribution in [3.8, 4) is 0 Å². The average Bonchev–Trinajstić information content (AvgIpc) is 3.08. The first-order valence-corrected chi connectivity index (χ1v) is 8.99. The molecular weight excluding hydrogens is 320 g/mol. The third kappa shape index (κ3) is 2.86. The number of nitrogens with zero attached hydrogens (tertiary/aromatic N) is 1. The molecule has 1 atom stereocenters. The maximum atomic E-state index is 13.4. The molecule has 1 amide bonds. The number of fused-ring (bicyclic) bond motifs is 1. The summed E-state index contributed by atoms with van der Waals surface area (Å²) in [6, 6.07) is 26.0. The monoisotopic (exact) mass is 342 g/mol. The second-order valence-corrected chi connectivity index (χ2v) is 6.93. The van der Waals surface area contributed by atoms with Crippen molar-refractivity contribution in [3.05, 3.63) is 95.6 Å². The van der Waals surface area contributed by atoms with Gasteiger partial charge in [-0.15, -0.1) is 0 Å². The minimum Gasteiger partial charge on any atom is -0.359 e. The van der Waals surface area contributed by atoms with Crippen molar-refractivity contribution >= 4 is 17.3 Å². The van der Waals surface area contributed by atoms with E-state index in [1.165, 1.54) is 5.56 Å². The van der Waals surface area contributed by atoms with E-state index in [0.29, 0.717) is 11.5 Å². The zero-order valence-corrected chi connectivity index (χ0v) is 15.0. The van der Waals surface area contributed by atoms with E-state index in [-0.39, 0.29) is 12.1 Å². The van der Waals surface area contributed by atoms with Crippen molar-refractivity contribution in [2.45, 2.75) is 25.9 Å². The Morgan fingerprint density at radius 3 is 2.23 bits per heavy atom. The van der Waals surface area contributed by atoms with E-state index in [9.17, 15) is 4.79 Å². The fraction of sp³-hybridized carbons (Fsp3) is 0.174. The first-order valence-electron chi connectivity index (χ1n) is 8.99. The molecule has 0 saturated heterocycles. The fourth-order valence-corrected chi connectivity index (χ4v) is 3.40. The lowest BCUT2D eigenvalue weighted by molar-refractivity contribution is 0.0981. The van der Waals surface area contributed by atoms with Crippen LogP contribution >= 0.6 is 0 Å². The van der Waals surface area contributed by atoms with Gasteiger partial charge in [0.15, 0.2) is 0 Å². The van der Waals surface area contributed by atoms with Gasteiger partial charge < -0.3 is 5.32 Å². The molecule has 1 aliphatic heterocycles. The smallest absolute Gasteiger partial charge is 0.260 e. The van der Waals surface area contributed by atoms with Crippen molar-refractivity contribution < 1.29 is 4.79 Å². The molecule has 3 aromatic carbocycles. The highest BCUT2D eigenvalue weighted by molar-refractivity contribution is 6.10. The maximum absolute atomic E-state index is 13.4. The molecule has 0 bridgehead atoms. The van der Waals surface area contributed by atoms with Gasteiger partial charge in [-0.25, -0.2) is 0 Å². The molecular formula is C23H22N2O. The summed E-state index contributed by atoms with van der Waals surface area (Å²) < 4.78 is 0. The molecule has 1 heterocycles. The Hall–Kier alpha value is -3.07. The zero-order chi connectivity index (χ0) is 18.1. The molecule has 0 fully saturated rings. The number of para-hydroxylation sites is 2. The predicted octanol–water partition coefficient (Wildman–Crippen LogP) is 5.58. The molecule has 3 nitrogen and oxygen atoms in total. The number of carbonyl (C=O) groups excluding carboxylic acids is 1. The lowest BCUT2D eigenvalue weighted by Gasteiger charge is -2.25. The maximum Gasteiger partial charge on any atom is 0.260 e. The van der Waals surface area contributed by atoms with Crippen molar-refractivity contribution in [1.82, 2.24) is 0 Å². The van der Waals surface area contributed by atoms with Crippen molar-refractivity contribution in [1.29, 1.82) is 0 Å². The molecule has 3 aromatic rings. The van der Waals surface area contributed by atoms with Crippen LogP contribution in [0.1, 0.15) is 47.4 Å². The second kappa shape index (κ2) is 6.68. The normalized spacial score (nSPS) is 15.7.